The Kier molecular flexibility index (Phi) is 8.42. The fourth-order valence-corrected chi connectivity index (χ4v) is 5.37. The van der Waals surface area contributed by atoms with Gasteiger partial charge in [0.15, 0.2) is 5.96 Å². The minimum absolute atomic E-state index is 0.209. The van der Waals surface area contributed by atoms with Crippen LogP contribution in [0.15, 0.2) is 47.5 Å². The maximum Gasteiger partial charge on any atom is 0.280 e. The summed E-state index contributed by atoms with van der Waals surface area (Å²) in [7, 11) is 0. The Morgan fingerprint density at radius 1 is 0.944 bits per heavy atom. The number of rotatable bonds is 10. The van der Waals surface area contributed by atoms with Gasteiger partial charge in [0.1, 0.15) is 5.75 Å². The van der Waals surface area contributed by atoms with Crippen molar-refractivity contribution >= 4 is 23.2 Å². The number of amides is 1. The minimum Gasteiger partial charge on any atom is -0.494 e. The number of carbonyl (C=O) groups excluding carboxylic acids is 1. The molecule has 192 valence electrons. The average molecular weight is 489 g/mol. The summed E-state index contributed by atoms with van der Waals surface area (Å²) >= 11 is 0. The maximum absolute atomic E-state index is 12.8. The molecule has 0 aromatic heterocycles. The summed E-state index contributed by atoms with van der Waals surface area (Å²) in [4.78, 5) is 17.0. The molecule has 3 aliphatic rings. The Balaban J connectivity index is 1.17. The zero-order valence-corrected chi connectivity index (χ0v) is 21.4. The Morgan fingerprint density at radius 3 is 2.58 bits per heavy atom. The molecule has 3 N–H and O–H groups in total. The molecule has 2 aliphatic carbocycles. The molecule has 0 spiro atoms. The number of carbonyl (C=O) groups is 1. The molecule has 2 aromatic rings. The third-order valence-corrected chi connectivity index (χ3v) is 7.58. The Morgan fingerprint density at radius 2 is 1.78 bits per heavy atom. The lowest BCUT2D eigenvalue weighted by Crippen LogP contribution is -2.44. The summed E-state index contributed by atoms with van der Waals surface area (Å²) in [6.07, 6.45) is 14.2. The molecular formula is C30H40N4O2. The van der Waals surface area contributed by atoms with Gasteiger partial charge in [0.05, 0.1) is 6.61 Å². The van der Waals surface area contributed by atoms with Crippen LogP contribution in [-0.2, 0) is 0 Å². The Hall–Kier alpha value is -3.02. The lowest BCUT2D eigenvalue weighted by atomic mass is 9.86. The van der Waals surface area contributed by atoms with E-state index in [0.29, 0.717) is 17.4 Å². The first kappa shape index (κ1) is 24.7. The van der Waals surface area contributed by atoms with Crippen molar-refractivity contribution in [3.05, 3.63) is 53.6 Å². The van der Waals surface area contributed by atoms with Crippen molar-refractivity contribution in [3.8, 4) is 5.75 Å². The van der Waals surface area contributed by atoms with E-state index in [4.69, 9.17) is 4.74 Å². The van der Waals surface area contributed by atoms with E-state index >= 15 is 0 Å². The second-order valence-electron chi connectivity index (χ2n) is 10.6. The number of nitrogens with one attached hydrogen (secondary N) is 3. The van der Waals surface area contributed by atoms with E-state index < -0.39 is 0 Å². The molecule has 3 fully saturated rings. The van der Waals surface area contributed by atoms with Gasteiger partial charge in [0.25, 0.3) is 5.91 Å². The average Bonchev–Trinajstić information content (AvgIpc) is 3.76. The number of anilines is 2. The summed E-state index contributed by atoms with van der Waals surface area (Å²) in [5, 5.41) is 9.87. The van der Waals surface area contributed by atoms with Crippen molar-refractivity contribution in [2.75, 3.05) is 25.0 Å². The highest BCUT2D eigenvalue weighted by Gasteiger charge is 2.27. The molecule has 1 heterocycles. The zero-order chi connectivity index (χ0) is 24.6. The van der Waals surface area contributed by atoms with Crippen LogP contribution in [0.3, 0.4) is 0 Å². The van der Waals surface area contributed by atoms with Gasteiger partial charge < -0.3 is 20.7 Å². The summed E-state index contributed by atoms with van der Waals surface area (Å²) in [5.41, 5.74) is 3.89. The number of aliphatic imine (C=N–C) groups is 1. The summed E-state index contributed by atoms with van der Waals surface area (Å²) in [5.74, 6) is 2.72. The first-order valence-electron chi connectivity index (χ1n) is 14.0. The van der Waals surface area contributed by atoms with Crippen LogP contribution in [0, 0.1) is 5.92 Å². The van der Waals surface area contributed by atoms with E-state index in [-0.39, 0.29) is 5.91 Å². The fourth-order valence-electron chi connectivity index (χ4n) is 5.37. The molecule has 0 unspecified atom stereocenters. The molecule has 2 saturated carbocycles. The standard InChI is InChI=1S/C30H40N4O2/c35-29(34-30-31-17-7-18-32-30)24-15-16-28(27(20-24)23-13-14-23)33-25-11-6-12-26(21-25)36-19-5-4-10-22-8-2-1-3-9-22/h6,11-12,15-16,20-23,33H,1-5,7-10,13-14,17-19H2,(H2,31,32,34,35). The minimum atomic E-state index is -0.209. The molecule has 36 heavy (non-hydrogen) atoms. The lowest BCUT2D eigenvalue weighted by Gasteiger charge is -2.21. The monoisotopic (exact) mass is 488 g/mol. The van der Waals surface area contributed by atoms with Gasteiger partial charge in [-0.15, -0.1) is 0 Å². The van der Waals surface area contributed by atoms with Crippen molar-refractivity contribution < 1.29 is 9.53 Å². The number of guanidine groups is 1. The van der Waals surface area contributed by atoms with Crippen molar-refractivity contribution in [3.63, 3.8) is 0 Å². The molecule has 1 saturated heterocycles. The number of hydrogen-bond acceptors (Lipinski definition) is 3. The van der Waals surface area contributed by atoms with Crippen molar-refractivity contribution in [1.29, 1.82) is 0 Å². The van der Waals surface area contributed by atoms with Crippen LogP contribution in [-0.4, -0.2) is 31.6 Å². The number of hydrogen-bond donors (Lipinski definition) is 3. The van der Waals surface area contributed by atoms with Crippen LogP contribution in [0.2, 0.25) is 0 Å². The highest BCUT2D eigenvalue weighted by atomic mass is 16.5. The van der Waals surface area contributed by atoms with Crippen LogP contribution in [0.25, 0.3) is 0 Å². The third kappa shape index (κ3) is 7.02. The van der Waals surface area contributed by atoms with Crippen LogP contribution in [0.5, 0.6) is 5.75 Å². The lowest BCUT2D eigenvalue weighted by molar-refractivity contribution is 0.100. The number of ether oxygens (including phenoxy) is 1. The maximum atomic E-state index is 12.8. The summed E-state index contributed by atoms with van der Waals surface area (Å²) in [6, 6.07) is 14.1. The highest BCUT2D eigenvalue weighted by molar-refractivity contribution is 6.03. The van der Waals surface area contributed by atoms with Gasteiger partial charge in [-0.05, 0) is 79.8 Å². The molecule has 1 aliphatic heterocycles. The summed E-state index contributed by atoms with van der Waals surface area (Å²) < 4.78 is 6.08. The predicted molar refractivity (Wildman–Crippen MR) is 146 cm³/mol. The quantitative estimate of drug-likeness (QED) is 0.332. The van der Waals surface area contributed by atoms with Gasteiger partial charge in [-0.1, -0.05) is 44.6 Å². The Bertz CT molecular complexity index is 1050. The van der Waals surface area contributed by atoms with E-state index in [1.54, 1.807) is 0 Å². The van der Waals surface area contributed by atoms with Crippen LogP contribution >= 0.6 is 0 Å². The molecule has 0 atom stereocenters. The molecule has 6 heteroatoms. The molecular weight excluding hydrogens is 448 g/mol. The highest BCUT2D eigenvalue weighted by Crippen LogP contribution is 2.44. The molecule has 0 bridgehead atoms. The molecule has 2 aromatic carbocycles. The van der Waals surface area contributed by atoms with E-state index in [2.05, 4.69) is 33.1 Å². The van der Waals surface area contributed by atoms with Gasteiger partial charge >= 0.3 is 0 Å². The van der Waals surface area contributed by atoms with Crippen LogP contribution in [0.1, 0.15) is 92.5 Å². The Labute approximate surface area is 215 Å². The van der Waals surface area contributed by atoms with Gasteiger partial charge in [-0.25, -0.2) is 0 Å². The predicted octanol–water partition coefficient (Wildman–Crippen LogP) is 6.52. The van der Waals surface area contributed by atoms with E-state index in [0.717, 1.165) is 68.4 Å². The fraction of sp³-hybridized carbons (Fsp3) is 0.533. The normalized spacial score (nSPS) is 18.2. The second-order valence-corrected chi connectivity index (χ2v) is 10.6. The van der Waals surface area contributed by atoms with E-state index in [1.165, 1.54) is 50.5 Å². The number of nitrogens with zero attached hydrogens (tertiary/aromatic N) is 1. The third-order valence-electron chi connectivity index (χ3n) is 7.58. The van der Waals surface area contributed by atoms with Crippen molar-refractivity contribution in [2.45, 2.75) is 76.5 Å². The van der Waals surface area contributed by atoms with Gasteiger partial charge in [0.2, 0.25) is 0 Å². The van der Waals surface area contributed by atoms with Gasteiger partial charge in [-0.2, -0.15) is 4.99 Å². The van der Waals surface area contributed by atoms with Gasteiger partial charge in [-0.3, -0.25) is 4.79 Å². The molecule has 1 amide bonds. The van der Waals surface area contributed by atoms with Gasteiger partial charge in [0, 0.05) is 36.1 Å². The number of benzene rings is 2. The van der Waals surface area contributed by atoms with E-state index in [9.17, 15) is 4.79 Å². The van der Waals surface area contributed by atoms with Crippen LogP contribution < -0.4 is 20.7 Å². The first-order chi connectivity index (χ1) is 17.7. The zero-order valence-electron chi connectivity index (χ0n) is 21.4. The molecule has 6 nitrogen and oxygen atoms in total. The first-order valence-corrected chi connectivity index (χ1v) is 14.0. The second kappa shape index (κ2) is 12.3. The van der Waals surface area contributed by atoms with Crippen molar-refractivity contribution in [1.82, 2.24) is 10.6 Å². The van der Waals surface area contributed by atoms with E-state index in [1.807, 2.05) is 30.3 Å². The van der Waals surface area contributed by atoms with Crippen LogP contribution in [0.4, 0.5) is 11.4 Å². The molecule has 0 radical (unpaired) electrons. The van der Waals surface area contributed by atoms with Crippen molar-refractivity contribution in [2.24, 2.45) is 10.9 Å². The summed E-state index contributed by atoms with van der Waals surface area (Å²) in [6.45, 7) is 2.46. The molecule has 5 rings (SSSR count). The largest absolute Gasteiger partial charge is 0.494 e. The SMILES string of the molecule is O=C(N=C1NCCCN1)c1ccc(Nc2cccc(OCCCCC3CCCCC3)c2)c(C2CC2)c1. The topological polar surface area (TPSA) is 74.8 Å². The number of unbranched alkanes of at least 4 members (excludes halogenated alkanes) is 1. The smallest absolute Gasteiger partial charge is 0.280 e.